The molecule has 2 aromatic carbocycles. The Hall–Kier alpha value is -5.15. The number of rotatable bonds is 9. The normalized spacial score (nSPS) is 19.0. The molecule has 3 N–H and O–H groups in total. The summed E-state index contributed by atoms with van der Waals surface area (Å²) in [6, 6.07) is 7.47. The van der Waals surface area contributed by atoms with E-state index in [0.717, 1.165) is 12.1 Å². The first-order valence-corrected chi connectivity index (χ1v) is 20.0. The van der Waals surface area contributed by atoms with Crippen LogP contribution in [0, 0.1) is 29.4 Å². The van der Waals surface area contributed by atoms with Gasteiger partial charge in [-0.2, -0.15) is 32.1 Å². The molecule has 2 fully saturated rings. The van der Waals surface area contributed by atoms with Crippen molar-refractivity contribution in [3.63, 3.8) is 0 Å². The van der Waals surface area contributed by atoms with Gasteiger partial charge in [-0.25, -0.2) is 22.2 Å². The molecule has 10 nitrogen and oxygen atoms in total. The molecule has 0 spiro atoms. The fraction of sp³-hybridized carbons (Fsp3) is 0.385. The Morgan fingerprint density at radius 1 is 1.07 bits per heavy atom. The molecule has 3 aromatic heterocycles. The van der Waals surface area contributed by atoms with E-state index in [-0.39, 0.29) is 46.2 Å². The Morgan fingerprint density at radius 2 is 1.74 bits per heavy atom. The van der Waals surface area contributed by atoms with Crippen molar-refractivity contribution < 1.29 is 43.9 Å². The average molecular weight is 848 g/mol. The van der Waals surface area contributed by atoms with Gasteiger partial charge in [0.15, 0.2) is 21.3 Å². The van der Waals surface area contributed by atoms with E-state index in [0.29, 0.717) is 40.1 Å². The number of halogens is 8. The lowest BCUT2D eigenvalue weighted by atomic mass is 9.93. The number of carbonyl (C=O) groups excluding carboxylic acids is 1. The standard InChI is InChI=1S/C39H33ClF7N7O3S/c1-37(2,58(56,57)22-5-6-22)11-10-21-4-7-23(24-8-9-27(40)31-33(24)53(3)52-36(31)48)32(49-21)28(14-18-12-19(41)15-20(42)13-18)50-29(55)17-54-35-30(34(51-54)39(45,46)47)25-16-26(25)38(35,43)44/h4,7-9,12-13,15,22,25-26,28H,5-6,14,16-17H2,1-3H3,(H2,48,52)(H,50,55)/t25-,26?,28-/m0/s1. The Kier molecular flexibility index (Phi) is 9.20. The van der Waals surface area contributed by atoms with E-state index in [9.17, 15) is 35.2 Å². The van der Waals surface area contributed by atoms with Crippen LogP contribution in [0.25, 0.3) is 22.0 Å². The van der Waals surface area contributed by atoms with Crippen LogP contribution in [0.3, 0.4) is 0 Å². The van der Waals surface area contributed by atoms with Gasteiger partial charge in [-0.3, -0.25) is 14.2 Å². The van der Waals surface area contributed by atoms with Crippen molar-refractivity contribution in [3.05, 3.63) is 93.0 Å². The van der Waals surface area contributed by atoms with Crippen molar-refractivity contribution in [1.29, 1.82) is 0 Å². The Morgan fingerprint density at radius 3 is 2.40 bits per heavy atom. The van der Waals surface area contributed by atoms with Crippen LogP contribution in [0.5, 0.6) is 0 Å². The third kappa shape index (κ3) is 6.75. The zero-order valence-corrected chi connectivity index (χ0v) is 32.4. The van der Waals surface area contributed by atoms with Crippen molar-refractivity contribution in [1.82, 2.24) is 29.9 Å². The molecule has 3 heterocycles. The lowest BCUT2D eigenvalue weighted by Gasteiger charge is -2.23. The number of fused-ring (bicyclic) bond motifs is 4. The highest BCUT2D eigenvalue weighted by molar-refractivity contribution is 7.93. The maximum absolute atomic E-state index is 15.4. The summed E-state index contributed by atoms with van der Waals surface area (Å²) in [6.07, 6.45) is -4.58. The number of benzene rings is 2. The van der Waals surface area contributed by atoms with Gasteiger partial charge in [-0.1, -0.05) is 23.6 Å². The van der Waals surface area contributed by atoms with Gasteiger partial charge in [0, 0.05) is 35.7 Å². The van der Waals surface area contributed by atoms with Crippen LogP contribution in [-0.2, 0) is 46.7 Å². The molecule has 3 aliphatic rings. The Bertz CT molecular complexity index is 2710. The lowest BCUT2D eigenvalue weighted by Crippen LogP contribution is -2.35. The number of hydrogen-bond acceptors (Lipinski definition) is 7. The van der Waals surface area contributed by atoms with Crippen LogP contribution in [0.15, 0.2) is 42.5 Å². The van der Waals surface area contributed by atoms with Gasteiger partial charge in [0.05, 0.1) is 32.9 Å². The first-order chi connectivity index (χ1) is 27.1. The van der Waals surface area contributed by atoms with E-state index in [4.69, 9.17) is 22.3 Å². The number of aryl methyl sites for hydroxylation is 1. The molecule has 58 heavy (non-hydrogen) atoms. The van der Waals surface area contributed by atoms with Crippen molar-refractivity contribution in [2.24, 2.45) is 13.0 Å². The number of nitrogens with two attached hydrogens (primary N) is 1. The van der Waals surface area contributed by atoms with Crippen molar-refractivity contribution in [2.75, 3.05) is 5.73 Å². The van der Waals surface area contributed by atoms with Crippen LogP contribution in [-0.4, -0.2) is 48.9 Å². The van der Waals surface area contributed by atoms with Gasteiger partial charge in [-0.05, 0) is 87.3 Å². The summed E-state index contributed by atoms with van der Waals surface area (Å²) in [5.74, 6) is -3.37. The lowest BCUT2D eigenvalue weighted by molar-refractivity contribution is -0.142. The van der Waals surface area contributed by atoms with E-state index in [2.05, 4.69) is 27.4 Å². The van der Waals surface area contributed by atoms with Gasteiger partial charge in [-0.15, -0.1) is 0 Å². The highest BCUT2D eigenvalue weighted by atomic mass is 35.5. The van der Waals surface area contributed by atoms with Gasteiger partial charge in [0.25, 0.3) is 5.92 Å². The summed E-state index contributed by atoms with van der Waals surface area (Å²) in [7, 11) is -2.06. The minimum absolute atomic E-state index is 0.00400. The topological polar surface area (TPSA) is 138 Å². The fourth-order valence-corrected chi connectivity index (χ4v) is 9.93. The molecule has 0 radical (unpaired) electrons. The molecular weight excluding hydrogens is 815 g/mol. The van der Waals surface area contributed by atoms with Gasteiger partial charge in [0.1, 0.15) is 34.3 Å². The third-order valence-corrected chi connectivity index (χ3v) is 14.1. The third-order valence-electron chi connectivity index (χ3n) is 10.9. The Labute approximate surface area is 331 Å². The van der Waals surface area contributed by atoms with Gasteiger partial charge in [0.2, 0.25) is 5.91 Å². The molecule has 0 bridgehead atoms. The summed E-state index contributed by atoms with van der Waals surface area (Å²) in [6.45, 7) is 1.85. The molecule has 2 saturated carbocycles. The number of sulfone groups is 1. The first-order valence-electron chi connectivity index (χ1n) is 18.1. The monoisotopic (exact) mass is 847 g/mol. The average Bonchev–Trinajstić information content (AvgIpc) is 4.04. The molecule has 19 heteroatoms. The van der Waals surface area contributed by atoms with Crippen LogP contribution in [0.2, 0.25) is 5.02 Å². The predicted octanol–water partition coefficient (Wildman–Crippen LogP) is 7.38. The zero-order valence-electron chi connectivity index (χ0n) is 30.9. The summed E-state index contributed by atoms with van der Waals surface area (Å²) in [5.41, 5.74) is 4.24. The maximum atomic E-state index is 15.4. The highest BCUT2D eigenvalue weighted by Gasteiger charge is 2.68. The second-order valence-electron chi connectivity index (χ2n) is 15.4. The number of alkyl halides is 5. The van der Waals surface area contributed by atoms with Crippen LogP contribution in [0.1, 0.15) is 79.0 Å². The second kappa shape index (κ2) is 13.4. The number of aromatic nitrogens is 5. The Balaban J connectivity index is 1.27. The molecule has 5 aromatic rings. The summed E-state index contributed by atoms with van der Waals surface area (Å²) < 4.78 is 129. The molecule has 3 aliphatic carbocycles. The molecular formula is C39H33ClF7N7O3S. The molecule has 0 saturated heterocycles. The van der Waals surface area contributed by atoms with Crippen LogP contribution < -0.4 is 11.1 Å². The minimum Gasteiger partial charge on any atom is -0.382 e. The number of anilines is 1. The number of nitrogens with zero attached hydrogens (tertiary/aromatic N) is 5. The zero-order chi connectivity index (χ0) is 41.9. The number of nitrogens with one attached hydrogen (secondary N) is 1. The van der Waals surface area contributed by atoms with Crippen LogP contribution >= 0.6 is 11.6 Å². The fourth-order valence-electron chi connectivity index (χ4n) is 7.89. The van der Waals surface area contributed by atoms with E-state index >= 15 is 8.78 Å². The number of pyridine rings is 1. The van der Waals surface area contributed by atoms with Crippen molar-refractivity contribution in [2.45, 2.75) is 80.1 Å². The van der Waals surface area contributed by atoms with E-state index in [1.54, 1.807) is 19.2 Å². The predicted molar refractivity (Wildman–Crippen MR) is 199 cm³/mol. The van der Waals surface area contributed by atoms with Crippen molar-refractivity contribution >= 4 is 44.1 Å². The number of carbonyl (C=O) groups is 1. The quantitative estimate of drug-likeness (QED) is 0.117. The summed E-state index contributed by atoms with van der Waals surface area (Å²) in [5, 5.41) is 10.5. The molecule has 304 valence electrons. The number of amides is 1. The van der Waals surface area contributed by atoms with Crippen molar-refractivity contribution in [3.8, 4) is 23.0 Å². The van der Waals surface area contributed by atoms with E-state index in [1.165, 1.54) is 30.7 Å². The largest absolute Gasteiger partial charge is 0.435 e. The molecule has 3 atom stereocenters. The first kappa shape index (κ1) is 39.7. The highest BCUT2D eigenvalue weighted by Crippen LogP contribution is 2.68. The van der Waals surface area contributed by atoms with Gasteiger partial charge < -0.3 is 11.1 Å². The van der Waals surface area contributed by atoms with Gasteiger partial charge >= 0.3 is 6.18 Å². The summed E-state index contributed by atoms with van der Waals surface area (Å²) in [4.78, 5) is 18.7. The molecule has 1 amide bonds. The summed E-state index contributed by atoms with van der Waals surface area (Å²) >= 11 is 6.52. The smallest absolute Gasteiger partial charge is 0.382 e. The molecule has 0 aliphatic heterocycles. The van der Waals surface area contributed by atoms with E-state index in [1.807, 2.05) is 0 Å². The van der Waals surface area contributed by atoms with Crippen LogP contribution in [0.4, 0.5) is 36.6 Å². The SMILES string of the molecule is Cn1nc(N)c2c(Cl)ccc(-c3ccc(C#CC(C)(C)S(=O)(=O)C4CC4)nc3[C@H](Cc3cc(F)cc(F)c3)NC(=O)Cn3nc(C(F)(F)F)c4c3C(F)(F)C3C[C@H]43)c21. The molecule has 8 rings (SSSR count). The second-order valence-corrected chi connectivity index (χ2v) is 18.6. The molecule has 1 unspecified atom stereocenters. The minimum atomic E-state index is -5.07. The van der Waals surface area contributed by atoms with E-state index < -0.39 is 90.8 Å². The number of hydrogen-bond donors (Lipinski definition) is 2. The number of nitrogen functional groups attached to an aromatic ring is 1. The maximum Gasteiger partial charge on any atom is 0.435 e.